The molecule has 0 saturated carbocycles. The van der Waals surface area contributed by atoms with E-state index < -0.39 is 0 Å². The standard InChI is InChI=1S/C12H13ClN6O/c1-6-10(13)17-12-15-5-16-19(12)11(6)14-4-9-7(2)18-20-8(9)3/h5,14H,4H2,1-3H3. The predicted molar refractivity (Wildman–Crippen MR) is 73.8 cm³/mol. The monoisotopic (exact) mass is 292 g/mol. The second kappa shape index (κ2) is 4.75. The Hall–Kier alpha value is -2.15. The molecule has 8 heteroatoms. The summed E-state index contributed by atoms with van der Waals surface area (Å²) in [5.74, 6) is 2.02. The molecule has 0 saturated heterocycles. The molecule has 0 aromatic carbocycles. The van der Waals surface area contributed by atoms with Crippen molar-refractivity contribution in [2.24, 2.45) is 0 Å². The Kier molecular flexibility index (Phi) is 3.06. The lowest BCUT2D eigenvalue weighted by Gasteiger charge is -2.11. The largest absolute Gasteiger partial charge is 0.365 e. The summed E-state index contributed by atoms with van der Waals surface area (Å²) in [6, 6.07) is 0. The Balaban J connectivity index is 1.98. The third-order valence-electron chi connectivity index (χ3n) is 3.22. The lowest BCUT2D eigenvalue weighted by Crippen LogP contribution is -2.09. The second-order valence-corrected chi connectivity index (χ2v) is 4.86. The van der Waals surface area contributed by atoms with E-state index in [1.807, 2.05) is 20.8 Å². The first-order valence-corrected chi connectivity index (χ1v) is 6.47. The fraction of sp³-hybridized carbons (Fsp3) is 0.333. The van der Waals surface area contributed by atoms with Crippen molar-refractivity contribution < 1.29 is 4.52 Å². The minimum absolute atomic E-state index is 0.409. The molecule has 0 unspecified atom stereocenters. The van der Waals surface area contributed by atoms with Crippen molar-refractivity contribution in [3.05, 3.63) is 34.1 Å². The summed E-state index contributed by atoms with van der Waals surface area (Å²) in [5.41, 5.74) is 2.70. The number of rotatable bonds is 3. The average Bonchev–Trinajstić information content (AvgIpc) is 2.99. The summed E-state index contributed by atoms with van der Waals surface area (Å²) in [7, 11) is 0. The Labute approximate surface area is 120 Å². The molecular formula is C12H13ClN6O. The van der Waals surface area contributed by atoms with Gasteiger partial charge in [-0.05, 0) is 20.8 Å². The maximum atomic E-state index is 6.11. The summed E-state index contributed by atoms with van der Waals surface area (Å²) in [6.07, 6.45) is 1.44. The van der Waals surface area contributed by atoms with Crippen LogP contribution in [0.1, 0.15) is 22.6 Å². The van der Waals surface area contributed by atoms with Gasteiger partial charge in [0.15, 0.2) is 0 Å². The second-order valence-electron chi connectivity index (χ2n) is 4.50. The molecule has 1 N–H and O–H groups in total. The molecule has 3 rings (SSSR count). The quantitative estimate of drug-likeness (QED) is 0.746. The highest BCUT2D eigenvalue weighted by atomic mass is 35.5. The zero-order chi connectivity index (χ0) is 14.3. The van der Waals surface area contributed by atoms with Crippen molar-refractivity contribution in [3.8, 4) is 0 Å². The van der Waals surface area contributed by atoms with E-state index in [9.17, 15) is 0 Å². The molecule has 0 amide bonds. The van der Waals surface area contributed by atoms with E-state index in [-0.39, 0.29) is 0 Å². The average molecular weight is 293 g/mol. The summed E-state index contributed by atoms with van der Waals surface area (Å²) >= 11 is 6.11. The first kappa shape index (κ1) is 12.9. The van der Waals surface area contributed by atoms with Crippen LogP contribution in [-0.2, 0) is 6.54 Å². The van der Waals surface area contributed by atoms with Crippen LogP contribution in [0, 0.1) is 20.8 Å². The summed E-state index contributed by atoms with van der Waals surface area (Å²) in [5, 5.41) is 11.8. The fourth-order valence-corrected chi connectivity index (χ4v) is 2.20. The molecule has 0 atom stereocenters. The lowest BCUT2D eigenvalue weighted by molar-refractivity contribution is 0.392. The van der Waals surface area contributed by atoms with Gasteiger partial charge in [0.05, 0.1) is 5.69 Å². The molecular weight excluding hydrogens is 280 g/mol. The number of aromatic nitrogens is 5. The van der Waals surface area contributed by atoms with E-state index in [4.69, 9.17) is 16.1 Å². The molecule has 0 spiro atoms. The Morgan fingerprint density at radius 3 is 2.85 bits per heavy atom. The zero-order valence-electron chi connectivity index (χ0n) is 11.3. The van der Waals surface area contributed by atoms with E-state index in [1.165, 1.54) is 6.33 Å². The SMILES string of the molecule is Cc1noc(C)c1CNc1c(C)c(Cl)nc2ncnn12. The van der Waals surface area contributed by atoms with Crippen LogP contribution in [0.2, 0.25) is 5.15 Å². The van der Waals surface area contributed by atoms with E-state index in [0.717, 1.165) is 28.4 Å². The third kappa shape index (κ3) is 2.00. The normalized spacial score (nSPS) is 11.2. The van der Waals surface area contributed by atoms with Crippen LogP contribution in [0.4, 0.5) is 5.82 Å². The molecule has 104 valence electrons. The minimum atomic E-state index is 0.409. The van der Waals surface area contributed by atoms with E-state index >= 15 is 0 Å². The van der Waals surface area contributed by atoms with Gasteiger partial charge in [0, 0.05) is 17.7 Å². The topological polar surface area (TPSA) is 81.1 Å². The van der Waals surface area contributed by atoms with Gasteiger partial charge in [-0.15, -0.1) is 0 Å². The maximum absolute atomic E-state index is 6.11. The Bertz CT molecular complexity index is 758. The maximum Gasteiger partial charge on any atom is 0.255 e. The highest BCUT2D eigenvalue weighted by Crippen LogP contribution is 2.23. The molecule has 0 bridgehead atoms. The van der Waals surface area contributed by atoms with Gasteiger partial charge in [0.2, 0.25) is 0 Å². The summed E-state index contributed by atoms with van der Waals surface area (Å²) < 4.78 is 6.77. The van der Waals surface area contributed by atoms with Crippen molar-refractivity contribution in [2.45, 2.75) is 27.3 Å². The molecule has 7 nitrogen and oxygen atoms in total. The number of halogens is 1. The van der Waals surface area contributed by atoms with E-state index in [0.29, 0.717) is 17.5 Å². The van der Waals surface area contributed by atoms with Crippen molar-refractivity contribution >= 4 is 23.2 Å². The molecule has 0 radical (unpaired) electrons. The first-order chi connectivity index (χ1) is 9.58. The Morgan fingerprint density at radius 1 is 1.35 bits per heavy atom. The number of fused-ring (bicyclic) bond motifs is 1. The number of anilines is 1. The van der Waals surface area contributed by atoms with E-state index in [1.54, 1.807) is 4.52 Å². The molecule has 0 aliphatic heterocycles. The highest BCUT2D eigenvalue weighted by molar-refractivity contribution is 6.30. The highest BCUT2D eigenvalue weighted by Gasteiger charge is 2.14. The predicted octanol–water partition coefficient (Wildman–Crippen LogP) is 2.30. The van der Waals surface area contributed by atoms with Gasteiger partial charge in [-0.2, -0.15) is 19.6 Å². The van der Waals surface area contributed by atoms with Crippen LogP contribution in [-0.4, -0.2) is 24.7 Å². The third-order valence-corrected chi connectivity index (χ3v) is 3.59. The van der Waals surface area contributed by atoms with Crippen molar-refractivity contribution in [1.29, 1.82) is 0 Å². The molecule has 0 aliphatic carbocycles. The lowest BCUT2D eigenvalue weighted by atomic mass is 10.2. The molecule has 3 aromatic rings. The van der Waals surface area contributed by atoms with Crippen LogP contribution in [0.15, 0.2) is 10.9 Å². The van der Waals surface area contributed by atoms with Gasteiger partial charge in [-0.3, -0.25) is 0 Å². The zero-order valence-corrected chi connectivity index (χ0v) is 12.1. The number of hydrogen-bond acceptors (Lipinski definition) is 6. The van der Waals surface area contributed by atoms with Crippen LogP contribution in [0.25, 0.3) is 5.78 Å². The molecule has 3 heterocycles. The number of aryl methyl sites for hydroxylation is 2. The molecule has 0 fully saturated rings. The smallest absolute Gasteiger partial charge is 0.255 e. The van der Waals surface area contributed by atoms with Gasteiger partial charge in [0.25, 0.3) is 5.78 Å². The first-order valence-electron chi connectivity index (χ1n) is 6.09. The minimum Gasteiger partial charge on any atom is -0.365 e. The van der Waals surface area contributed by atoms with Crippen molar-refractivity contribution in [1.82, 2.24) is 24.7 Å². The number of nitrogens with one attached hydrogen (secondary N) is 1. The summed E-state index contributed by atoms with van der Waals surface area (Å²) in [4.78, 5) is 8.21. The van der Waals surface area contributed by atoms with Crippen LogP contribution < -0.4 is 5.32 Å². The van der Waals surface area contributed by atoms with Gasteiger partial charge in [-0.25, -0.2) is 0 Å². The van der Waals surface area contributed by atoms with E-state index in [2.05, 4.69) is 25.5 Å². The van der Waals surface area contributed by atoms with Crippen molar-refractivity contribution in [3.63, 3.8) is 0 Å². The number of nitrogens with zero attached hydrogens (tertiary/aromatic N) is 5. The van der Waals surface area contributed by atoms with Gasteiger partial charge in [0.1, 0.15) is 23.1 Å². The molecule has 20 heavy (non-hydrogen) atoms. The Morgan fingerprint density at radius 2 is 2.15 bits per heavy atom. The van der Waals surface area contributed by atoms with Gasteiger partial charge < -0.3 is 9.84 Å². The van der Waals surface area contributed by atoms with Crippen molar-refractivity contribution in [2.75, 3.05) is 5.32 Å². The number of hydrogen-bond donors (Lipinski definition) is 1. The molecule has 3 aromatic heterocycles. The van der Waals surface area contributed by atoms with Crippen LogP contribution in [0.5, 0.6) is 0 Å². The van der Waals surface area contributed by atoms with Crippen LogP contribution >= 0.6 is 11.6 Å². The van der Waals surface area contributed by atoms with Gasteiger partial charge in [-0.1, -0.05) is 16.8 Å². The fourth-order valence-electron chi connectivity index (χ4n) is 2.03. The summed E-state index contributed by atoms with van der Waals surface area (Å²) in [6.45, 7) is 6.24. The van der Waals surface area contributed by atoms with Crippen LogP contribution in [0.3, 0.4) is 0 Å². The van der Waals surface area contributed by atoms with Gasteiger partial charge >= 0.3 is 0 Å². The molecule has 0 aliphatic rings.